The molecule has 0 aliphatic carbocycles. The number of aromatic hydroxyl groups is 1. The van der Waals surface area contributed by atoms with Crippen molar-refractivity contribution >= 4 is 16.9 Å². The lowest BCUT2D eigenvalue weighted by molar-refractivity contribution is 0.0600. The van der Waals surface area contributed by atoms with Crippen LogP contribution in [0, 0.1) is 5.82 Å². The van der Waals surface area contributed by atoms with Gasteiger partial charge in [0.05, 0.1) is 12.7 Å². The second kappa shape index (κ2) is 3.77. The van der Waals surface area contributed by atoms with Crippen LogP contribution in [0.5, 0.6) is 5.75 Å². The highest BCUT2D eigenvalue weighted by Gasteiger charge is 2.13. The number of nitrogens with zero attached hydrogens (tertiary/aromatic N) is 1. The smallest absolute Gasteiger partial charge is 0.337 e. The monoisotopic (exact) mass is 221 g/mol. The average molecular weight is 221 g/mol. The molecular weight excluding hydrogens is 213 g/mol. The molecule has 16 heavy (non-hydrogen) atoms. The zero-order valence-corrected chi connectivity index (χ0v) is 8.40. The fourth-order valence-corrected chi connectivity index (χ4v) is 1.43. The Bertz CT molecular complexity index is 568. The molecule has 0 radical (unpaired) electrons. The Balaban J connectivity index is 2.75. The minimum absolute atomic E-state index is 0.0210. The summed E-state index contributed by atoms with van der Waals surface area (Å²) in [6.45, 7) is 0. The van der Waals surface area contributed by atoms with Crippen molar-refractivity contribution in [1.82, 2.24) is 4.98 Å². The lowest BCUT2D eigenvalue weighted by Gasteiger charge is -2.04. The third-order valence-electron chi connectivity index (χ3n) is 2.20. The largest absolute Gasteiger partial charge is 0.507 e. The number of ether oxygens (including phenoxy) is 1. The topological polar surface area (TPSA) is 59.4 Å². The number of benzene rings is 1. The first-order valence-corrected chi connectivity index (χ1v) is 4.49. The molecule has 2 aromatic rings. The van der Waals surface area contributed by atoms with Crippen LogP contribution in [0.3, 0.4) is 0 Å². The van der Waals surface area contributed by atoms with E-state index in [1.165, 1.54) is 25.4 Å². The standard InChI is InChI=1S/C11H8FNO3/c1-16-11(15)6-4-7-9(14)2-3-13-10(7)8(12)5-6/h2-5H,1H3,(H,13,14). The van der Waals surface area contributed by atoms with Crippen molar-refractivity contribution in [3.8, 4) is 5.75 Å². The number of hydrogen-bond donors (Lipinski definition) is 1. The molecule has 0 aliphatic heterocycles. The first-order chi connectivity index (χ1) is 7.63. The van der Waals surface area contributed by atoms with Gasteiger partial charge in [0, 0.05) is 11.6 Å². The molecule has 1 aromatic carbocycles. The minimum Gasteiger partial charge on any atom is -0.507 e. The summed E-state index contributed by atoms with van der Waals surface area (Å²) in [7, 11) is 1.20. The maximum Gasteiger partial charge on any atom is 0.337 e. The number of esters is 1. The summed E-state index contributed by atoms with van der Waals surface area (Å²) in [5, 5.41) is 9.70. The van der Waals surface area contributed by atoms with Gasteiger partial charge in [0.2, 0.25) is 0 Å². The lowest BCUT2D eigenvalue weighted by atomic mass is 10.1. The minimum atomic E-state index is -0.672. The van der Waals surface area contributed by atoms with E-state index in [0.717, 1.165) is 6.07 Å². The summed E-state index contributed by atoms with van der Waals surface area (Å²) < 4.78 is 18.0. The van der Waals surface area contributed by atoms with Crippen molar-refractivity contribution in [1.29, 1.82) is 0 Å². The SMILES string of the molecule is COC(=O)c1cc(F)c2nccc(O)c2c1. The number of aromatic nitrogens is 1. The molecule has 1 N–H and O–H groups in total. The number of carbonyl (C=O) groups excluding carboxylic acids is 1. The Morgan fingerprint density at radius 3 is 2.94 bits per heavy atom. The van der Waals surface area contributed by atoms with Crippen LogP contribution < -0.4 is 0 Å². The van der Waals surface area contributed by atoms with Crippen molar-refractivity contribution in [3.05, 3.63) is 35.8 Å². The van der Waals surface area contributed by atoms with Gasteiger partial charge in [-0.2, -0.15) is 0 Å². The van der Waals surface area contributed by atoms with E-state index in [-0.39, 0.29) is 22.2 Å². The van der Waals surface area contributed by atoms with Crippen LogP contribution in [0.15, 0.2) is 24.4 Å². The van der Waals surface area contributed by atoms with E-state index in [2.05, 4.69) is 9.72 Å². The van der Waals surface area contributed by atoms with E-state index >= 15 is 0 Å². The Morgan fingerprint density at radius 2 is 2.25 bits per heavy atom. The summed E-state index contributed by atoms with van der Waals surface area (Å²) in [6, 6.07) is 3.69. The van der Waals surface area contributed by atoms with Crippen LogP contribution in [0.4, 0.5) is 4.39 Å². The maximum absolute atomic E-state index is 13.5. The molecule has 1 heterocycles. The van der Waals surface area contributed by atoms with Crippen molar-refractivity contribution < 1.29 is 19.0 Å². The van der Waals surface area contributed by atoms with Gasteiger partial charge in [-0.25, -0.2) is 9.18 Å². The quantitative estimate of drug-likeness (QED) is 0.747. The normalized spacial score (nSPS) is 10.4. The predicted octanol–water partition coefficient (Wildman–Crippen LogP) is 1.87. The maximum atomic E-state index is 13.5. The van der Waals surface area contributed by atoms with Gasteiger partial charge in [-0.1, -0.05) is 0 Å². The molecule has 0 saturated carbocycles. The molecule has 0 aliphatic rings. The third kappa shape index (κ3) is 1.56. The van der Waals surface area contributed by atoms with Crippen molar-refractivity contribution in [3.63, 3.8) is 0 Å². The van der Waals surface area contributed by atoms with Gasteiger partial charge >= 0.3 is 5.97 Å². The summed E-state index contributed by atoms with van der Waals surface area (Å²) >= 11 is 0. The van der Waals surface area contributed by atoms with Crippen LogP contribution in [0.1, 0.15) is 10.4 Å². The van der Waals surface area contributed by atoms with Gasteiger partial charge in [0.1, 0.15) is 17.1 Å². The Hall–Kier alpha value is -2.17. The van der Waals surface area contributed by atoms with Crippen LogP contribution in [0.2, 0.25) is 0 Å². The zero-order chi connectivity index (χ0) is 11.7. The molecule has 1 aromatic heterocycles. The van der Waals surface area contributed by atoms with Gasteiger partial charge in [0.15, 0.2) is 0 Å². The van der Waals surface area contributed by atoms with Crippen molar-refractivity contribution in [2.75, 3.05) is 7.11 Å². The Morgan fingerprint density at radius 1 is 1.50 bits per heavy atom. The summed E-state index contributed by atoms with van der Waals surface area (Å²) in [4.78, 5) is 15.0. The van der Waals surface area contributed by atoms with Crippen LogP contribution >= 0.6 is 0 Å². The first-order valence-electron chi connectivity index (χ1n) is 4.49. The Kier molecular flexibility index (Phi) is 2.44. The molecular formula is C11H8FNO3. The van der Waals surface area contributed by atoms with Gasteiger partial charge in [-0.3, -0.25) is 4.98 Å². The number of hydrogen-bond acceptors (Lipinski definition) is 4. The Labute approximate surface area is 90.3 Å². The molecule has 0 fully saturated rings. The molecule has 2 rings (SSSR count). The van der Waals surface area contributed by atoms with Gasteiger partial charge in [0.25, 0.3) is 0 Å². The van der Waals surface area contributed by atoms with E-state index in [1.807, 2.05) is 0 Å². The molecule has 0 atom stereocenters. The number of rotatable bonds is 1. The zero-order valence-electron chi connectivity index (χ0n) is 8.40. The highest BCUT2D eigenvalue weighted by atomic mass is 19.1. The second-order valence-electron chi connectivity index (χ2n) is 3.18. The molecule has 5 heteroatoms. The van der Waals surface area contributed by atoms with Crippen molar-refractivity contribution in [2.45, 2.75) is 0 Å². The number of carbonyl (C=O) groups is 1. The highest BCUT2D eigenvalue weighted by molar-refractivity contribution is 5.96. The molecule has 0 amide bonds. The molecule has 0 saturated heterocycles. The average Bonchev–Trinajstić information content (AvgIpc) is 2.29. The van der Waals surface area contributed by atoms with Gasteiger partial charge in [-0.15, -0.1) is 0 Å². The summed E-state index contributed by atoms with van der Waals surface area (Å²) in [5.41, 5.74) is 0.0588. The van der Waals surface area contributed by atoms with Crippen molar-refractivity contribution in [2.24, 2.45) is 0 Å². The van der Waals surface area contributed by atoms with Crippen LogP contribution in [-0.2, 0) is 4.74 Å². The molecule has 0 spiro atoms. The van der Waals surface area contributed by atoms with Crippen LogP contribution in [0.25, 0.3) is 10.9 Å². The number of halogens is 1. The van der Waals surface area contributed by atoms with E-state index < -0.39 is 11.8 Å². The third-order valence-corrected chi connectivity index (χ3v) is 2.20. The van der Waals surface area contributed by atoms with Gasteiger partial charge in [-0.05, 0) is 18.2 Å². The fraction of sp³-hybridized carbons (Fsp3) is 0.0909. The highest BCUT2D eigenvalue weighted by Crippen LogP contribution is 2.26. The van der Waals surface area contributed by atoms with E-state index in [4.69, 9.17) is 0 Å². The van der Waals surface area contributed by atoms with Gasteiger partial charge < -0.3 is 9.84 Å². The number of methoxy groups -OCH3 is 1. The molecule has 82 valence electrons. The molecule has 4 nitrogen and oxygen atoms in total. The predicted molar refractivity (Wildman–Crippen MR) is 54.7 cm³/mol. The molecule has 0 bridgehead atoms. The summed E-state index contributed by atoms with van der Waals surface area (Å²) in [5.74, 6) is -1.47. The fourth-order valence-electron chi connectivity index (χ4n) is 1.43. The lowest BCUT2D eigenvalue weighted by Crippen LogP contribution is -2.02. The van der Waals surface area contributed by atoms with E-state index in [0.29, 0.717) is 0 Å². The summed E-state index contributed by atoms with van der Waals surface area (Å²) in [6.07, 6.45) is 1.29. The number of pyridine rings is 1. The second-order valence-corrected chi connectivity index (χ2v) is 3.18. The number of fused-ring (bicyclic) bond motifs is 1. The molecule has 0 unspecified atom stereocenters. The van der Waals surface area contributed by atoms with E-state index in [1.54, 1.807) is 0 Å². The first kappa shape index (κ1) is 10.4. The van der Waals surface area contributed by atoms with Crippen LogP contribution in [-0.4, -0.2) is 23.2 Å². The van der Waals surface area contributed by atoms with E-state index in [9.17, 15) is 14.3 Å².